The van der Waals surface area contributed by atoms with Crippen LogP contribution in [0.3, 0.4) is 0 Å². The molecule has 5 nitrogen and oxygen atoms in total. The van der Waals surface area contributed by atoms with Gasteiger partial charge in [-0.25, -0.2) is 0 Å². The minimum atomic E-state index is -4.52. The van der Waals surface area contributed by atoms with Crippen molar-refractivity contribution in [2.24, 2.45) is 0 Å². The van der Waals surface area contributed by atoms with E-state index in [4.69, 9.17) is 5.26 Å². The van der Waals surface area contributed by atoms with Gasteiger partial charge in [0.1, 0.15) is 0 Å². The molecule has 3 rings (SSSR count). The predicted octanol–water partition coefficient (Wildman–Crippen LogP) is 4.21. The predicted molar refractivity (Wildman–Crippen MR) is 111 cm³/mol. The van der Waals surface area contributed by atoms with Crippen molar-refractivity contribution < 1.29 is 22.8 Å². The zero-order valence-corrected chi connectivity index (χ0v) is 16.7. The van der Waals surface area contributed by atoms with Crippen LogP contribution in [0, 0.1) is 11.3 Å². The van der Waals surface area contributed by atoms with Gasteiger partial charge >= 0.3 is 6.18 Å². The summed E-state index contributed by atoms with van der Waals surface area (Å²) < 4.78 is 39.5. The Balaban J connectivity index is 1.75. The van der Waals surface area contributed by atoms with Crippen LogP contribution in [0.1, 0.15) is 38.7 Å². The SMILES string of the molecule is N#Cc1ccc(C(=O)NCC(=O)NC(c2ccccc2)c2cccc(C(F)(F)F)c2)cc1. The van der Waals surface area contributed by atoms with E-state index in [1.54, 1.807) is 30.3 Å². The molecular formula is C24H18F3N3O2. The third-order valence-electron chi connectivity index (χ3n) is 4.67. The second-order valence-corrected chi connectivity index (χ2v) is 6.91. The molecule has 0 spiro atoms. The van der Waals surface area contributed by atoms with Gasteiger partial charge in [0.05, 0.1) is 29.8 Å². The number of hydrogen-bond acceptors (Lipinski definition) is 3. The van der Waals surface area contributed by atoms with Gasteiger partial charge in [0, 0.05) is 5.56 Å². The minimum Gasteiger partial charge on any atom is -0.344 e. The van der Waals surface area contributed by atoms with Gasteiger partial charge in [-0.2, -0.15) is 18.4 Å². The Morgan fingerprint density at radius 1 is 0.906 bits per heavy atom. The van der Waals surface area contributed by atoms with Gasteiger partial charge in [-0.15, -0.1) is 0 Å². The van der Waals surface area contributed by atoms with E-state index >= 15 is 0 Å². The van der Waals surface area contributed by atoms with Crippen molar-refractivity contribution >= 4 is 11.8 Å². The van der Waals surface area contributed by atoms with Crippen LogP contribution in [0.25, 0.3) is 0 Å². The molecule has 0 aliphatic carbocycles. The molecule has 3 aromatic carbocycles. The van der Waals surface area contributed by atoms with E-state index in [2.05, 4.69) is 10.6 Å². The number of rotatable bonds is 6. The molecule has 162 valence electrons. The maximum atomic E-state index is 13.2. The molecule has 1 unspecified atom stereocenters. The molecule has 0 saturated heterocycles. The van der Waals surface area contributed by atoms with Crippen molar-refractivity contribution in [1.29, 1.82) is 5.26 Å². The molecule has 8 heteroatoms. The number of carbonyl (C=O) groups excluding carboxylic acids is 2. The number of nitriles is 1. The van der Waals surface area contributed by atoms with Gasteiger partial charge in [0.15, 0.2) is 0 Å². The van der Waals surface area contributed by atoms with Crippen molar-refractivity contribution in [3.8, 4) is 6.07 Å². The molecule has 0 aliphatic heterocycles. The van der Waals surface area contributed by atoms with Crippen molar-refractivity contribution in [3.63, 3.8) is 0 Å². The highest BCUT2D eigenvalue weighted by Gasteiger charge is 2.31. The Hall–Kier alpha value is -4.12. The van der Waals surface area contributed by atoms with Gasteiger partial charge in [-0.3, -0.25) is 9.59 Å². The third kappa shape index (κ3) is 5.73. The first-order chi connectivity index (χ1) is 15.3. The zero-order chi connectivity index (χ0) is 23.1. The fraction of sp³-hybridized carbons (Fsp3) is 0.125. The van der Waals surface area contributed by atoms with Crippen LogP contribution in [0.5, 0.6) is 0 Å². The summed E-state index contributed by atoms with van der Waals surface area (Å²) in [5.74, 6) is -1.08. The Kier molecular flexibility index (Phi) is 6.90. The standard InChI is InChI=1S/C24H18F3N3O2/c25-24(26,27)20-8-4-7-19(13-20)22(17-5-2-1-3-6-17)30-21(31)15-29-23(32)18-11-9-16(14-28)10-12-18/h1-13,22H,15H2,(H,29,32)(H,30,31). The van der Waals surface area contributed by atoms with Gasteiger partial charge < -0.3 is 10.6 Å². The quantitative estimate of drug-likeness (QED) is 0.606. The first-order valence-electron chi connectivity index (χ1n) is 9.58. The molecule has 0 aliphatic rings. The van der Waals surface area contributed by atoms with E-state index < -0.39 is 29.6 Å². The summed E-state index contributed by atoms with van der Waals surface area (Å²) in [4.78, 5) is 24.8. The van der Waals surface area contributed by atoms with Gasteiger partial charge in [-0.1, -0.05) is 42.5 Å². The summed E-state index contributed by atoms with van der Waals surface area (Å²) in [6, 6.07) is 20.3. The topological polar surface area (TPSA) is 82.0 Å². The van der Waals surface area contributed by atoms with Crippen LogP contribution in [0.4, 0.5) is 13.2 Å². The molecule has 0 heterocycles. The molecule has 0 radical (unpaired) electrons. The van der Waals surface area contributed by atoms with E-state index in [9.17, 15) is 22.8 Å². The van der Waals surface area contributed by atoms with E-state index in [-0.39, 0.29) is 17.7 Å². The van der Waals surface area contributed by atoms with Gasteiger partial charge in [0.2, 0.25) is 5.91 Å². The lowest BCUT2D eigenvalue weighted by atomic mass is 9.97. The number of benzene rings is 3. The van der Waals surface area contributed by atoms with E-state index in [0.29, 0.717) is 11.1 Å². The summed E-state index contributed by atoms with van der Waals surface area (Å²) in [5, 5.41) is 14.0. The van der Waals surface area contributed by atoms with Gasteiger partial charge in [-0.05, 0) is 47.5 Å². The fourth-order valence-corrected chi connectivity index (χ4v) is 3.07. The van der Waals surface area contributed by atoms with Crippen LogP contribution in [0.15, 0.2) is 78.9 Å². The van der Waals surface area contributed by atoms with E-state index in [0.717, 1.165) is 12.1 Å². The lowest BCUT2D eigenvalue weighted by Gasteiger charge is -2.21. The van der Waals surface area contributed by atoms with Crippen LogP contribution in [-0.4, -0.2) is 18.4 Å². The smallest absolute Gasteiger partial charge is 0.344 e. The summed E-state index contributed by atoms with van der Waals surface area (Å²) in [6.07, 6.45) is -4.52. The lowest BCUT2D eigenvalue weighted by Crippen LogP contribution is -2.39. The number of amides is 2. The molecule has 0 saturated carbocycles. The Labute approximate surface area is 182 Å². The largest absolute Gasteiger partial charge is 0.416 e. The molecular weight excluding hydrogens is 419 g/mol. The number of carbonyl (C=O) groups is 2. The molecule has 2 N–H and O–H groups in total. The minimum absolute atomic E-state index is 0.262. The lowest BCUT2D eigenvalue weighted by molar-refractivity contribution is -0.137. The Bertz CT molecular complexity index is 1140. The number of nitrogens with one attached hydrogen (secondary N) is 2. The maximum Gasteiger partial charge on any atom is 0.416 e. The fourth-order valence-electron chi connectivity index (χ4n) is 3.07. The van der Waals surface area contributed by atoms with Crippen LogP contribution in [0.2, 0.25) is 0 Å². The second kappa shape index (κ2) is 9.79. The maximum absolute atomic E-state index is 13.2. The average Bonchev–Trinajstić information content (AvgIpc) is 2.81. The first kappa shape index (κ1) is 22.6. The number of hydrogen-bond donors (Lipinski definition) is 2. The molecule has 0 fully saturated rings. The van der Waals surface area contributed by atoms with Crippen LogP contribution in [-0.2, 0) is 11.0 Å². The molecule has 32 heavy (non-hydrogen) atoms. The van der Waals surface area contributed by atoms with Crippen LogP contribution < -0.4 is 10.6 Å². The highest BCUT2D eigenvalue weighted by molar-refractivity contribution is 5.96. The van der Waals surface area contributed by atoms with Crippen molar-refractivity contribution in [2.75, 3.05) is 6.54 Å². The number of alkyl halides is 3. The second-order valence-electron chi connectivity index (χ2n) is 6.91. The first-order valence-corrected chi connectivity index (χ1v) is 9.58. The van der Waals surface area contributed by atoms with Crippen molar-refractivity contribution in [3.05, 3.63) is 107 Å². The third-order valence-corrected chi connectivity index (χ3v) is 4.67. The highest BCUT2D eigenvalue weighted by atomic mass is 19.4. The summed E-state index contributed by atoms with van der Waals surface area (Å²) in [6.45, 7) is -0.374. The average molecular weight is 437 g/mol. The normalized spacial score (nSPS) is 11.8. The van der Waals surface area contributed by atoms with Crippen LogP contribution >= 0.6 is 0 Å². The monoisotopic (exact) mass is 437 g/mol. The van der Waals surface area contributed by atoms with E-state index in [1.165, 1.54) is 36.4 Å². The number of nitrogens with zero attached hydrogens (tertiary/aromatic N) is 1. The summed E-state index contributed by atoms with van der Waals surface area (Å²) >= 11 is 0. The summed E-state index contributed by atoms with van der Waals surface area (Å²) in [5.41, 5.74) is 0.705. The molecule has 0 bridgehead atoms. The van der Waals surface area contributed by atoms with Crippen molar-refractivity contribution in [2.45, 2.75) is 12.2 Å². The zero-order valence-electron chi connectivity index (χ0n) is 16.7. The molecule has 3 aromatic rings. The van der Waals surface area contributed by atoms with Gasteiger partial charge in [0.25, 0.3) is 5.91 Å². The number of halogens is 3. The molecule has 1 atom stereocenters. The van der Waals surface area contributed by atoms with E-state index in [1.807, 2.05) is 6.07 Å². The molecule has 2 amide bonds. The Morgan fingerprint density at radius 2 is 1.56 bits per heavy atom. The van der Waals surface area contributed by atoms with Crippen molar-refractivity contribution in [1.82, 2.24) is 10.6 Å². The summed E-state index contributed by atoms with van der Waals surface area (Å²) in [7, 11) is 0. The Morgan fingerprint density at radius 3 is 2.19 bits per heavy atom. The molecule has 0 aromatic heterocycles. The highest BCUT2D eigenvalue weighted by Crippen LogP contribution is 2.32.